The van der Waals surface area contributed by atoms with Crippen LogP contribution < -0.4 is 0 Å². The van der Waals surface area contributed by atoms with Crippen LogP contribution in [0.4, 0.5) is 0 Å². The van der Waals surface area contributed by atoms with E-state index in [4.69, 9.17) is 9.47 Å². The topological polar surface area (TPSA) is 21.8 Å². The summed E-state index contributed by atoms with van der Waals surface area (Å²) in [6.45, 7) is 5.20. The van der Waals surface area contributed by atoms with Crippen LogP contribution in [0, 0.1) is 0 Å². The Balaban J connectivity index is 0.000000112. The highest BCUT2D eigenvalue weighted by Crippen LogP contribution is 2.14. The molecule has 2 aliphatic rings. The fraction of sp³-hybridized carbons (Fsp3) is 1.00. The highest BCUT2D eigenvalue weighted by Gasteiger charge is 2.19. The Bertz CT molecular complexity index is 78.0. The zero-order valence-electron chi connectivity index (χ0n) is 7.34. The zero-order chi connectivity index (χ0) is 7.94. The van der Waals surface area contributed by atoms with Crippen molar-refractivity contribution in [1.29, 1.82) is 0 Å². The van der Waals surface area contributed by atoms with Gasteiger partial charge in [0.1, 0.15) is 0 Å². The Hall–Kier alpha value is -0.0800. The Labute approximate surface area is 68.9 Å². The second-order valence-corrected chi connectivity index (χ2v) is 3.06. The van der Waals surface area contributed by atoms with Gasteiger partial charge in [-0.2, -0.15) is 0 Å². The first-order valence-electron chi connectivity index (χ1n) is 4.63. The maximum absolute atomic E-state index is 4.95. The smallest absolute Gasteiger partial charge is 0.0809 e. The molecule has 2 nitrogen and oxygen atoms in total. The van der Waals surface area contributed by atoms with Crippen molar-refractivity contribution in [2.24, 2.45) is 0 Å². The third kappa shape index (κ3) is 5.22. The van der Waals surface area contributed by atoms with E-state index in [2.05, 4.69) is 6.92 Å². The second kappa shape index (κ2) is 5.56. The van der Waals surface area contributed by atoms with Gasteiger partial charge >= 0.3 is 0 Å². The van der Waals surface area contributed by atoms with Crippen molar-refractivity contribution in [2.75, 3.05) is 19.8 Å². The SMILES string of the molecule is C1CCOC1.CCCC1CO1. The van der Waals surface area contributed by atoms with E-state index in [0.29, 0.717) is 6.10 Å². The van der Waals surface area contributed by atoms with Crippen LogP contribution in [-0.2, 0) is 9.47 Å². The molecular weight excluding hydrogens is 140 g/mol. The summed E-state index contributed by atoms with van der Waals surface area (Å²) in [5.41, 5.74) is 0. The van der Waals surface area contributed by atoms with Gasteiger partial charge in [-0.3, -0.25) is 0 Å². The molecule has 0 aliphatic carbocycles. The molecule has 1 unspecified atom stereocenters. The number of hydrogen-bond acceptors (Lipinski definition) is 2. The molecular formula is C9H18O2. The molecule has 2 heterocycles. The summed E-state index contributed by atoms with van der Waals surface area (Å²) in [6.07, 6.45) is 5.74. The minimum absolute atomic E-state index is 0.648. The highest BCUT2D eigenvalue weighted by atomic mass is 16.6. The summed E-state index contributed by atoms with van der Waals surface area (Å²) in [6, 6.07) is 0. The van der Waals surface area contributed by atoms with Crippen LogP contribution >= 0.6 is 0 Å². The molecule has 0 aromatic carbocycles. The quantitative estimate of drug-likeness (QED) is 0.573. The lowest BCUT2D eigenvalue weighted by molar-refractivity contribution is 0.198. The average molecular weight is 158 g/mol. The first kappa shape index (κ1) is 9.01. The van der Waals surface area contributed by atoms with Gasteiger partial charge in [0, 0.05) is 13.2 Å². The second-order valence-electron chi connectivity index (χ2n) is 3.06. The van der Waals surface area contributed by atoms with Gasteiger partial charge in [0.25, 0.3) is 0 Å². The Morgan fingerprint density at radius 3 is 2.09 bits per heavy atom. The maximum Gasteiger partial charge on any atom is 0.0809 e. The molecule has 0 saturated carbocycles. The summed E-state index contributed by atoms with van der Waals surface area (Å²) in [4.78, 5) is 0. The molecule has 2 aliphatic heterocycles. The highest BCUT2D eigenvalue weighted by molar-refractivity contribution is 4.66. The van der Waals surface area contributed by atoms with E-state index >= 15 is 0 Å². The van der Waals surface area contributed by atoms with Crippen LogP contribution in [-0.4, -0.2) is 25.9 Å². The molecule has 2 rings (SSSR count). The molecule has 2 saturated heterocycles. The maximum atomic E-state index is 4.95. The minimum atomic E-state index is 0.648. The Morgan fingerprint density at radius 2 is 1.91 bits per heavy atom. The number of epoxide rings is 1. The summed E-state index contributed by atoms with van der Waals surface area (Å²) < 4.78 is 9.89. The van der Waals surface area contributed by atoms with Crippen LogP contribution in [0.3, 0.4) is 0 Å². The van der Waals surface area contributed by atoms with E-state index in [0.717, 1.165) is 19.8 Å². The van der Waals surface area contributed by atoms with E-state index in [1.54, 1.807) is 0 Å². The molecule has 0 amide bonds. The van der Waals surface area contributed by atoms with Crippen LogP contribution in [0.25, 0.3) is 0 Å². The van der Waals surface area contributed by atoms with Gasteiger partial charge in [-0.1, -0.05) is 13.3 Å². The van der Waals surface area contributed by atoms with Gasteiger partial charge in [0.05, 0.1) is 12.7 Å². The van der Waals surface area contributed by atoms with E-state index in [1.165, 1.54) is 25.7 Å². The normalized spacial score (nSPS) is 27.5. The largest absolute Gasteiger partial charge is 0.381 e. The molecule has 66 valence electrons. The molecule has 0 radical (unpaired) electrons. The van der Waals surface area contributed by atoms with Crippen LogP contribution in [0.2, 0.25) is 0 Å². The first-order valence-corrected chi connectivity index (χ1v) is 4.63. The minimum Gasteiger partial charge on any atom is -0.381 e. The van der Waals surface area contributed by atoms with Crippen molar-refractivity contribution in [1.82, 2.24) is 0 Å². The first-order chi connectivity index (χ1) is 5.43. The van der Waals surface area contributed by atoms with Gasteiger partial charge in [-0.15, -0.1) is 0 Å². The fourth-order valence-corrected chi connectivity index (χ4v) is 1.07. The number of rotatable bonds is 2. The molecule has 0 aromatic rings. The van der Waals surface area contributed by atoms with E-state index in [1.807, 2.05) is 0 Å². The predicted octanol–water partition coefficient (Wildman–Crippen LogP) is 1.98. The van der Waals surface area contributed by atoms with Gasteiger partial charge in [0.15, 0.2) is 0 Å². The van der Waals surface area contributed by atoms with Crippen molar-refractivity contribution >= 4 is 0 Å². The lowest BCUT2D eigenvalue weighted by Crippen LogP contribution is -1.78. The zero-order valence-corrected chi connectivity index (χ0v) is 7.34. The molecule has 0 N–H and O–H groups in total. The Morgan fingerprint density at radius 1 is 1.27 bits per heavy atom. The monoisotopic (exact) mass is 158 g/mol. The van der Waals surface area contributed by atoms with E-state index < -0.39 is 0 Å². The van der Waals surface area contributed by atoms with Crippen LogP contribution in [0.1, 0.15) is 32.6 Å². The number of ether oxygens (including phenoxy) is 2. The third-order valence-corrected chi connectivity index (χ3v) is 1.84. The van der Waals surface area contributed by atoms with Crippen LogP contribution in [0.15, 0.2) is 0 Å². The molecule has 1 atom stereocenters. The number of hydrogen-bond donors (Lipinski definition) is 0. The van der Waals surface area contributed by atoms with Gasteiger partial charge in [-0.05, 0) is 19.3 Å². The van der Waals surface area contributed by atoms with E-state index in [9.17, 15) is 0 Å². The summed E-state index contributed by atoms with van der Waals surface area (Å²) in [7, 11) is 0. The van der Waals surface area contributed by atoms with Crippen molar-refractivity contribution in [3.05, 3.63) is 0 Å². The molecule has 0 spiro atoms. The van der Waals surface area contributed by atoms with Crippen molar-refractivity contribution in [3.63, 3.8) is 0 Å². The van der Waals surface area contributed by atoms with Gasteiger partial charge in [-0.25, -0.2) is 0 Å². The average Bonchev–Trinajstić information content (AvgIpc) is 2.68. The van der Waals surface area contributed by atoms with Crippen LogP contribution in [0.5, 0.6) is 0 Å². The summed E-state index contributed by atoms with van der Waals surface area (Å²) in [5.74, 6) is 0. The van der Waals surface area contributed by atoms with Crippen molar-refractivity contribution in [3.8, 4) is 0 Å². The van der Waals surface area contributed by atoms with Crippen molar-refractivity contribution in [2.45, 2.75) is 38.7 Å². The molecule has 2 heteroatoms. The van der Waals surface area contributed by atoms with Gasteiger partial charge in [0.2, 0.25) is 0 Å². The standard InChI is InChI=1S/C5H10O.C4H8O/c1-2-3-5-4-6-5;1-2-4-5-3-1/h5H,2-4H2,1H3;1-4H2. The Kier molecular flexibility index (Phi) is 4.55. The lowest BCUT2D eigenvalue weighted by Gasteiger charge is -1.79. The van der Waals surface area contributed by atoms with Gasteiger partial charge < -0.3 is 9.47 Å². The molecule has 0 bridgehead atoms. The molecule has 2 fully saturated rings. The fourth-order valence-electron chi connectivity index (χ4n) is 1.07. The summed E-state index contributed by atoms with van der Waals surface area (Å²) >= 11 is 0. The molecule has 0 aromatic heterocycles. The van der Waals surface area contributed by atoms with Crippen molar-refractivity contribution < 1.29 is 9.47 Å². The summed E-state index contributed by atoms with van der Waals surface area (Å²) in [5, 5.41) is 0. The lowest BCUT2D eigenvalue weighted by atomic mass is 10.3. The van der Waals surface area contributed by atoms with E-state index in [-0.39, 0.29) is 0 Å². The molecule has 11 heavy (non-hydrogen) atoms. The third-order valence-electron chi connectivity index (χ3n) is 1.84. The predicted molar refractivity (Wildman–Crippen MR) is 44.7 cm³/mol.